The minimum atomic E-state index is -0.584. The van der Waals surface area contributed by atoms with E-state index in [1.165, 1.54) is 19.2 Å². The summed E-state index contributed by atoms with van der Waals surface area (Å²) in [6.45, 7) is 2.28. The first-order valence-electron chi connectivity index (χ1n) is 7.82. The molecule has 0 bridgehead atoms. The molecule has 0 aliphatic rings. The van der Waals surface area contributed by atoms with Crippen molar-refractivity contribution in [3.8, 4) is 0 Å². The molecular formula is C19H19NO5. The maximum Gasteiger partial charge on any atom is 0.338 e. The molecule has 25 heavy (non-hydrogen) atoms. The molecule has 0 aliphatic carbocycles. The Balaban J connectivity index is 2.11. The largest absolute Gasteiger partial charge is 0.465 e. The standard InChI is InChI=1S/C19H19NO5/c1-3-12-25-18(22)13-8-10-14(11-9-13)20-17(21)15-6-4-5-7-16(15)19(23)24-2/h4-11H,3,12H2,1-2H3,(H,20,21). The van der Waals surface area contributed by atoms with Gasteiger partial charge in [0.05, 0.1) is 30.4 Å². The first kappa shape index (κ1) is 18.2. The summed E-state index contributed by atoms with van der Waals surface area (Å²) in [4.78, 5) is 35.9. The molecule has 2 rings (SSSR count). The van der Waals surface area contributed by atoms with Crippen LogP contribution in [-0.4, -0.2) is 31.6 Å². The number of hydrogen-bond acceptors (Lipinski definition) is 5. The Labute approximate surface area is 145 Å². The summed E-state index contributed by atoms with van der Waals surface area (Å²) in [5.41, 5.74) is 1.29. The third-order valence-electron chi connectivity index (χ3n) is 3.39. The SMILES string of the molecule is CCCOC(=O)c1ccc(NC(=O)c2ccccc2C(=O)OC)cc1. The van der Waals surface area contributed by atoms with Gasteiger partial charge in [-0.25, -0.2) is 9.59 Å². The van der Waals surface area contributed by atoms with E-state index in [0.29, 0.717) is 17.9 Å². The van der Waals surface area contributed by atoms with Crippen molar-refractivity contribution >= 4 is 23.5 Å². The zero-order valence-corrected chi connectivity index (χ0v) is 14.1. The predicted octanol–water partition coefficient (Wildman–Crippen LogP) is 3.29. The van der Waals surface area contributed by atoms with Crippen LogP contribution in [0.15, 0.2) is 48.5 Å². The molecule has 130 valence electrons. The highest BCUT2D eigenvalue weighted by atomic mass is 16.5. The number of anilines is 1. The van der Waals surface area contributed by atoms with E-state index in [9.17, 15) is 14.4 Å². The van der Waals surface area contributed by atoms with Gasteiger partial charge in [0.15, 0.2) is 0 Å². The van der Waals surface area contributed by atoms with Crippen LogP contribution in [0.5, 0.6) is 0 Å². The minimum absolute atomic E-state index is 0.183. The topological polar surface area (TPSA) is 81.7 Å². The fourth-order valence-electron chi connectivity index (χ4n) is 2.14. The third-order valence-corrected chi connectivity index (χ3v) is 3.39. The van der Waals surface area contributed by atoms with Crippen LogP contribution in [0.1, 0.15) is 44.4 Å². The zero-order chi connectivity index (χ0) is 18.2. The molecule has 1 amide bonds. The van der Waals surface area contributed by atoms with Gasteiger partial charge in [-0.3, -0.25) is 4.79 Å². The highest BCUT2D eigenvalue weighted by molar-refractivity contribution is 6.11. The van der Waals surface area contributed by atoms with E-state index in [4.69, 9.17) is 4.74 Å². The molecule has 2 aromatic rings. The lowest BCUT2D eigenvalue weighted by molar-refractivity contribution is 0.0504. The lowest BCUT2D eigenvalue weighted by Gasteiger charge is -2.09. The number of carbonyl (C=O) groups is 3. The smallest absolute Gasteiger partial charge is 0.338 e. The van der Waals surface area contributed by atoms with Crippen molar-refractivity contribution < 1.29 is 23.9 Å². The van der Waals surface area contributed by atoms with Crippen molar-refractivity contribution in [1.29, 1.82) is 0 Å². The van der Waals surface area contributed by atoms with Gasteiger partial charge in [-0.15, -0.1) is 0 Å². The van der Waals surface area contributed by atoms with Crippen LogP contribution in [-0.2, 0) is 9.47 Å². The van der Waals surface area contributed by atoms with Crippen LogP contribution in [0.3, 0.4) is 0 Å². The number of carbonyl (C=O) groups excluding carboxylic acids is 3. The van der Waals surface area contributed by atoms with Crippen LogP contribution in [0.2, 0.25) is 0 Å². The number of hydrogen-bond donors (Lipinski definition) is 1. The van der Waals surface area contributed by atoms with Crippen LogP contribution < -0.4 is 5.32 Å². The van der Waals surface area contributed by atoms with E-state index in [1.54, 1.807) is 36.4 Å². The number of esters is 2. The number of nitrogens with one attached hydrogen (secondary N) is 1. The van der Waals surface area contributed by atoms with Crippen LogP contribution in [0.4, 0.5) is 5.69 Å². The summed E-state index contributed by atoms with van der Waals surface area (Å²) >= 11 is 0. The quantitative estimate of drug-likeness (QED) is 0.815. The minimum Gasteiger partial charge on any atom is -0.465 e. The second kappa shape index (κ2) is 8.63. The van der Waals surface area contributed by atoms with E-state index in [0.717, 1.165) is 6.42 Å². The fourth-order valence-corrected chi connectivity index (χ4v) is 2.14. The van der Waals surface area contributed by atoms with E-state index < -0.39 is 17.8 Å². The Kier molecular flexibility index (Phi) is 6.28. The summed E-state index contributed by atoms with van der Waals surface area (Å²) in [5, 5.41) is 2.69. The number of rotatable bonds is 6. The molecule has 6 heteroatoms. The van der Waals surface area contributed by atoms with E-state index in [2.05, 4.69) is 10.1 Å². The molecule has 2 aromatic carbocycles. The number of ether oxygens (including phenoxy) is 2. The molecule has 6 nitrogen and oxygen atoms in total. The van der Waals surface area contributed by atoms with Crippen LogP contribution >= 0.6 is 0 Å². The molecule has 0 saturated heterocycles. The average molecular weight is 341 g/mol. The van der Waals surface area contributed by atoms with Gasteiger partial charge < -0.3 is 14.8 Å². The van der Waals surface area contributed by atoms with Crippen molar-refractivity contribution in [3.63, 3.8) is 0 Å². The summed E-state index contributed by atoms with van der Waals surface area (Å²) in [6.07, 6.45) is 0.749. The summed E-state index contributed by atoms with van der Waals surface area (Å²) in [7, 11) is 1.26. The molecule has 0 heterocycles. The number of methoxy groups -OCH3 is 1. The van der Waals surface area contributed by atoms with Crippen molar-refractivity contribution in [2.24, 2.45) is 0 Å². The van der Waals surface area contributed by atoms with Gasteiger partial charge in [-0.05, 0) is 42.8 Å². The van der Waals surface area contributed by atoms with Gasteiger partial charge in [0, 0.05) is 5.69 Å². The Morgan fingerprint density at radius 3 is 2.16 bits per heavy atom. The first-order chi connectivity index (χ1) is 12.1. The molecule has 0 radical (unpaired) electrons. The predicted molar refractivity (Wildman–Crippen MR) is 92.8 cm³/mol. The molecule has 1 N–H and O–H groups in total. The van der Waals surface area contributed by atoms with E-state index >= 15 is 0 Å². The van der Waals surface area contributed by atoms with Gasteiger partial charge in [0.25, 0.3) is 5.91 Å². The second-order valence-corrected chi connectivity index (χ2v) is 5.20. The van der Waals surface area contributed by atoms with Crippen LogP contribution in [0, 0.1) is 0 Å². The highest BCUT2D eigenvalue weighted by Gasteiger charge is 2.17. The van der Waals surface area contributed by atoms with Crippen molar-refractivity contribution in [2.75, 3.05) is 19.0 Å². The molecule has 0 atom stereocenters. The van der Waals surface area contributed by atoms with Crippen molar-refractivity contribution in [1.82, 2.24) is 0 Å². The average Bonchev–Trinajstić information content (AvgIpc) is 2.66. The van der Waals surface area contributed by atoms with Gasteiger partial charge in [0.2, 0.25) is 0 Å². The second-order valence-electron chi connectivity index (χ2n) is 5.20. The molecule has 0 aromatic heterocycles. The molecular weight excluding hydrogens is 322 g/mol. The Bertz CT molecular complexity index is 768. The normalized spacial score (nSPS) is 10.0. The van der Waals surface area contributed by atoms with Gasteiger partial charge >= 0.3 is 11.9 Å². The Morgan fingerprint density at radius 2 is 1.56 bits per heavy atom. The van der Waals surface area contributed by atoms with E-state index in [1.807, 2.05) is 6.92 Å². The highest BCUT2D eigenvalue weighted by Crippen LogP contribution is 2.15. The van der Waals surface area contributed by atoms with Gasteiger partial charge in [-0.2, -0.15) is 0 Å². The van der Waals surface area contributed by atoms with Crippen molar-refractivity contribution in [2.45, 2.75) is 13.3 Å². The van der Waals surface area contributed by atoms with Crippen LogP contribution in [0.25, 0.3) is 0 Å². The first-order valence-corrected chi connectivity index (χ1v) is 7.82. The number of benzene rings is 2. The molecule has 0 saturated carbocycles. The maximum absolute atomic E-state index is 12.4. The molecule has 0 fully saturated rings. The van der Waals surface area contributed by atoms with Gasteiger partial charge in [-0.1, -0.05) is 19.1 Å². The Hall–Kier alpha value is -3.15. The summed E-state index contributed by atoms with van der Waals surface area (Å²) in [6, 6.07) is 12.7. The summed E-state index contributed by atoms with van der Waals surface area (Å²) < 4.78 is 9.73. The molecule has 0 unspecified atom stereocenters. The molecule has 0 aliphatic heterocycles. The molecule has 0 spiro atoms. The lowest BCUT2D eigenvalue weighted by atomic mass is 10.1. The zero-order valence-electron chi connectivity index (χ0n) is 14.1. The maximum atomic E-state index is 12.4. The summed E-state index contributed by atoms with van der Waals surface area (Å²) in [5.74, 6) is -1.43. The van der Waals surface area contributed by atoms with Crippen molar-refractivity contribution in [3.05, 3.63) is 65.2 Å². The van der Waals surface area contributed by atoms with E-state index in [-0.39, 0.29) is 11.1 Å². The third kappa shape index (κ3) is 4.67. The van der Waals surface area contributed by atoms with Gasteiger partial charge in [0.1, 0.15) is 0 Å². The number of amides is 1. The lowest BCUT2D eigenvalue weighted by Crippen LogP contribution is -2.17. The monoisotopic (exact) mass is 341 g/mol. The Morgan fingerprint density at radius 1 is 0.920 bits per heavy atom. The fraction of sp³-hybridized carbons (Fsp3) is 0.211.